The minimum atomic E-state index is -0.864. The molecule has 0 radical (unpaired) electrons. The molecular formula is C13H9FN2O4. The Bertz CT molecular complexity index is 671. The highest BCUT2D eigenvalue weighted by atomic mass is 19.1. The van der Waals surface area contributed by atoms with Crippen molar-refractivity contribution in [2.75, 3.05) is 0 Å². The number of aromatic nitrogens is 1. The number of nitro benzene ring substituents is 1. The highest BCUT2D eigenvalue weighted by Gasteiger charge is 2.12. The predicted molar refractivity (Wildman–Crippen MR) is 67.4 cm³/mol. The Morgan fingerprint density at radius 2 is 2.10 bits per heavy atom. The number of rotatable bonds is 4. The maximum Gasteiger partial charge on any atom is 0.272 e. The van der Waals surface area contributed by atoms with Gasteiger partial charge in [-0.1, -0.05) is 0 Å². The zero-order valence-corrected chi connectivity index (χ0v) is 10.4. The zero-order chi connectivity index (χ0) is 14.7. The van der Waals surface area contributed by atoms with E-state index >= 15 is 0 Å². The fraction of sp³-hybridized carbons (Fsp3) is 0.0769. The number of hydrogen-bond donors (Lipinski definition) is 0. The van der Waals surface area contributed by atoms with Gasteiger partial charge in [-0.25, -0.2) is 9.37 Å². The molecule has 0 aliphatic heterocycles. The number of hydrogen-bond acceptors (Lipinski definition) is 5. The van der Waals surface area contributed by atoms with E-state index in [9.17, 15) is 19.3 Å². The summed E-state index contributed by atoms with van der Waals surface area (Å²) >= 11 is 0. The van der Waals surface area contributed by atoms with Crippen LogP contribution in [0.15, 0.2) is 36.5 Å². The number of benzene rings is 1. The Kier molecular flexibility index (Phi) is 3.69. The van der Waals surface area contributed by atoms with Gasteiger partial charge in [0.05, 0.1) is 11.0 Å². The van der Waals surface area contributed by atoms with Crippen molar-refractivity contribution < 1.29 is 18.8 Å². The molecule has 6 nitrogen and oxygen atoms in total. The molecule has 0 N–H and O–H groups in total. The number of non-ortho nitro benzene ring substituents is 1. The lowest BCUT2D eigenvalue weighted by molar-refractivity contribution is -0.385. The first kappa shape index (κ1) is 13.6. The highest BCUT2D eigenvalue weighted by Crippen LogP contribution is 2.26. The lowest BCUT2D eigenvalue weighted by Gasteiger charge is -2.05. The molecule has 0 atom stereocenters. The second-order valence-corrected chi connectivity index (χ2v) is 3.92. The Labute approximate surface area is 113 Å². The SMILES string of the molecule is CC(=O)c1ccc(Oc2ccc([N+](=O)[O-])cc2F)nc1. The monoisotopic (exact) mass is 276 g/mol. The summed E-state index contributed by atoms with van der Waals surface area (Å²) in [5.41, 5.74) is 0.0382. The van der Waals surface area contributed by atoms with Crippen molar-refractivity contribution in [3.63, 3.8) is 0 Å². The lowest BCUT2D eigenvalue weighted by atomic mass is 10.2. The van der Waals surface area contributed by atoms with Crippen LogP contribution in [0.3, 0.4) is 0 Å². The number of pyridine rings is 1. The number of ether oxygens (including phenoxy) is 1. The number of ketones is 1. The van der Waals surface area contributed by atoms with Crippen molar-refractivity contribution in [3.8, 4) is 11.6 Å². The van der Waals surface area contributed by atoms with Crippen molar-refractivity contribution in [2.45, 2.75) is 6.92 Å². The van der Waals surface area contributed by atoms with Crippen LogP contribution >= 0.6 is 0 Å². The summed E-state index contributed by atoms with van der Waals surface area (Å²) in [5.74, 6) is -1.11. The molecule has 7 heteroatoms. The van der Waals surface area contributed by atoms with Crippen molar-refractivity contribution >= 4 is 11.5 Å². The lowest BCUT2D eigenvalue weighted by Crippen LogP contribution is -1.96. The Balaban J connectivity index is 2.21. The molecule has 2 rings (SSSR count). The Morgan fingerprint density at radius 3 is 2.60 bits per heavy atom. The second kappa shape index (κ2) is 5.43. The van der Waals surface area contributed by atoms with E-state index in [0.717, 1.165) is 18.2 Å². The van der Waals surface area contributed by atoms with Crippen LogP contribution in [0.1, 0.15) is 17.3 Å². The number of Topliss-reactive ketones (excluding diaryl/α,β-unsaturated/α-hetero) is 1. The van der Waals surface area contributed by atoms with Crippen LogP contribution in [0.25, 0.3) is 0 Å². The average Bonchev–Trinajstić information content (AvgIpc) is 2.41. The minimum absolute atomic E-state index is 0.0859. The summed E-state index contributed by atoms with van der Waals surface area (Å²) < 4.78 is 18.8. The maximum absolute atomic E-state index is 13.6. The molecular weight excluding hydrogens is 267 g/mol. The molecule has 0 spiro atoms. The van der Waals surface area contributed by atoms with Crippen molar-refractivity contribution in [1.82, 2.24) is 4.98 Å². The largest absolute Gasteiger partial charge is 0.436 e. The molecule has 0 aliphatic carbocycles. The van der Waals surface area contributed by atoms with E-state index in [4.69, 9.17) is 4.74 Å². The van der Waals surface area contributed by atoms with Gasteiger partial charge in [0.2, 0.25) is 5.88 Å². The molecule has 0 amide bonds. The fourth-order valence-corrected chi connectivity index (χ4v) is 1.45. The topological polar surface area (TPSA) is 82.3 Å². The van der Waals surface area contributed by atoms with Crippen LogP contribution in [0, 0.1) is 15.9 Å². The predicted octanol–water partition coefficient (Wildman–Crippen LogP) is 3.12. The van der Waals surface area contributed by atoms with Crippen molar-refractivity contribution in [3.05, 3.63) is 58.0 Å². The van der Waals surface area contributed by atoms with Gasteiger partial charge in [0.25, 0.3) is 5.69 Å². The van der Waals surface area contributed by atoms with Crippen LogP contribution in [-0.2, 0) is 0 Å². The summed E-state index contributed by atoms with van der Waals surface area (Å²) in [4.78, 5) is 24.7. The van der Waals surface area contributed by atoms with Gasteiger partial charge in [-0.05, 0) is 19.1 Å². The summed E-state index contributed by atoms with van der Waals surface area (Å²) in [6.45, 7) is 1.40. The molecule has 2 aromatic rings. The number of halogens is 1. The first-order valence-corrected chi connectivity index (χ1v) is 5.56. The van der Waals surface area contributed by atoms with Crippen LogP contribution in [0.2, 0.25) is 0 Å². The smallest absolute Gasteiger partial charge is 0.272 e. The first-order chi connectivity index (χ1) is 9.47. The molecule has 0 saturated carbocycles. The summed E-state index contributed by atoms with van der Waals surface area (Å²) in [7, 11) is 0. The fourth-order valence-electron chi connectivity index (χ4n) is 1.45. The molecule has 1 aromatic carbocycles. The van der Waals surface area contributed by atoms with Crippen LogP contribution in [0.5, 0.6) is 11.6 Å². The summed E-state index contributed by atoms with van der Waals surface area (Å²) in [6, 6.07) is 5.95. The van der Waals surface area contributed by atoms with Crippen LogP contribution in [0.4, 0.5) is 10.1 Å². The van der Waals surface area contributed by atoms with Gasteiger partial charge in [-0.3, -0.25) is 14.9 Å². The summed E-state index contributed by atoms with van der Waals surface area (Å²) in [6.07, 6.45) is 1.31. The third-order valence-corrected chi connectivity index (χ3v) is 2.48. The Hall–Kier alpha value is -2.83. The second-order valence-electron chi connectivity index (χ2n) is 3.92. The molecule has 0 saturated heterocycles. The van der Waals surface area contributed by atoms with Gasteiger partial charge >= 0.3 is 0 Å². The van der Waals surface area contributed by atoms with E-state index in [2.05, 4.69) is 4.98 Å². The van der Waals surface area contributed by atoms with Crippen LogP contribution < -0.4 is 4.74 Å². The van der Waals surface area contributed by atoms with Gasteiger partial charge in [-0.2, -0.15) is 0 Å². The van der Waals surface area contributed by atoms with E-state index in [1.807, 2.05) is 0 Å². The third kappa shape index (κ3) is 2.94. The molecule has 0 fully saturated rings. The number of nitrogens with zero attached hydrogens (tertiary/aromatic N) is 2. The van der Waals surface area contributed by atoms with E-state index in [-0.39, 0.29) is 23.1 Å². The van der Waals surface area contributed by atoms with E-state index < -0.39 is 10.7 Å². The first-order valence-electron chi connectivity index (χ1n) is 5.56. The quantitative estimate of drug-likeness (QED) is 0.486. The van der Waals surface area contributed by atoms with E-state index in [1.54, 1.807) is 0 Å². The normalized spacial score (nSPS) is 10.1. The number of nitro groups is 1. The third-order valence-electron chi connectivity index (χ3n) is 2.48. The number of carbonyl (C=O) groups is 1. The molecule has 0 bridgehead atoms. The van der Waals surface area contributed by atoms with E-state index in [0.29, 0.717) is 5.56 Å². The van der Waals surface area contributed by atoms with Crippen molar-refractivity contribution in [1.29, 1.82) is 0 Å². The molecule has 1 heterocycles. The highest BCUT2D eigenvalue weighted by molar-refractivity contribution is 5.93. The molecule has 1 aromatic heterocycles. The van der Waals surface area contributed by atoms with Gasteiger partial charge in [0.15, 0.2) is 17.3 Å². The average molecular weight is 276 g/mol. The molecule has 0 aliphatic rings. The van der Waals surface area contributed by atoms with Gasteiger partial charge < -0.3 is 4.74 Å². The summed E-state index contributed by atoms with van der Waals surface area (Å²) in [5, 5.41) is 10.5. The van der Waals surface area contributed by atoms with E-state index in [1.165, 1.54) is 25.3 Å². The maximum atomic E-state index is 13.6. The molecule has 0 unspecified atom stereocenters. The van der Waals surface area contributed by atoms with Gasteiger partial charge in [0, 0.05) is 23.9 Å². The van der Waals surface area contributed by atoms with Crippen LogP contribution in [-0.4, -0.2) is 15.7 Å². The number of carbonyl (C=O) groups excluding carboxylic acids is 1. The van der Waals surface area contributed by atoms with Gasteiger partial charge in [-0.15, -0.1) is 0 Å². The van der Waals surface area contributed by atoms with Crippen molar-refractivity contribution in [2.24, 2.45) is 0 Å². The molecule has 102 valence electrons. The standard InChI is InChI=1S/C13H9FN2O4/c1-8(17)9-2-5-13(15-7-9)20-12-4-3-10(16(18)19)6-11(12)14/h2-7H,1H3. The van der Waals surface area contributed by atoms with Gasteiger partial charge in [0.1, 0.15) is 0 Å². The zero-order valence-electron chi connectivity index (χ0n) is 10.4. The minimum Gasteiger partial charge on any atom is -0.436 e. The Morgan fingerprint density at radius 1 is 1.35 bits per heavy atom. The molecule has 20 heavy (non-hydrogen) atoms.